The monoisotopic (exact) mass is 383 g/mol. The van der Waals surface area contributed by atoms with Crippen molar-refractivity contribution in [3.63, 3.8) is 0 Å². The first-order chi connectivity index (χ1) is 13.0. The lowest BCUT2D eigenvalue weighted by atomic mass is 10.1. The van der Waals surface area contributed by atoms with E-state index in [0.717, 1.165) is 9.80 Å². The van der Waals surface area contributed by atoms with Crippen LogP contribution in [0.3, 0.4) is 0 Å². The maximum Gasteiger partial charge on any atom is 0.306 e. The highest BCUT2D eigenvalue weighted by Gasteiger charge is 2.34. The predicted molar refractivity (Wildman–Crippen MR) is 104 cm³/mol. The second-order valence-electron chi connectivity index (χ2n) is 6.37. The van der Waals surface area contributed by atoms with Crippen molar-refractivity contribution in [1.29, 1.82) is 0 Å². The van der Waals surface area contributed by atoms with E-state index < -0.39 is 0 Å². The molecule has 0 atom stereocenters. The molecule has 3 rings (SSSR count). The lowest BCUT2D eigenvalue weighted by molar-refractivity contribution is -0.143. The minimum absolute atomic E-state index is 0.0125. The smallest absolute Gasteiger partial charge is 0.306 e. The molecular weight excluding hydrogens is 362 g/mol. The van der Waals surface area contributed by atoms with Crippen LogP contribution >= 0.6 is 11.8 Å². The summed E-state index contributed by atoms with van der Waals surface area (Å²) in [5.41, 5.74) is 3.27. The Kier molecular flexibility index (Phi) is 5.96. The van der Waals surface area contributed by atoms with Gasteiger partial charge in [0.25, 0.3) is 11.8 Å². The van der Waals surface area contributed by atoms with Gasteiger partial charge in [-0.1, -0.05) is 18.2 Å². The van der Waals surface area contributed by atoms with Crippen molar-refractivity contribution in [3.8, 4) is 0 Å². The van der Waals surface area contributed by atoms with Crippen LogP contribution in [-0.4, -0.2) is 41.6 Å². The number of carbonyl (C=O) groups excluding carboxylic acids is 3. The lowest BCUT2D eigenvalue weighted by Crippen LogP contribution is -2.33. The molecule has 6 heteroatoms. The van der Waals surface area contributed by atoms with Gasteiger partial charge in [-0.15, -0.1) is 11.8 Å². The molecule has 2 amide bonds. The Bertz CT molecular complexity index is 859. The molecular formula is C21H21NO4S. The molecule has 0 spiro atoms. The molecule has 5 nitrogen and oxygen atoms in total. The molecule has 1 heterocycles. The fourth-order valence-corrected chi connectivity index (χ4v) is 3.75. The molecule has 2 aromatic rings. The Labute approximate surface area is 162 Å². The van der Waals surface area contributed by atoms with E-state index in [1.807, 2.05) is 6.07 Å². The number of esters is 1. The van der Waals surface area contributed by atoms with Crippen LogP contribution < -0.4 is 0 Å². The van der Waals surface area contributed by atoms with Crippen molar-refractivity contribution < 1.29 is 19.1 Å². The molecule has 1 aliphatic rings. The van der Waals surface area contributed by atoms with Crippen LogP contribution in [0.2, 0.25) is 0 Å². The normalized spacial score (nSPS) is 13.0. The zero-order valence-corrected chi connectivity index (χ0v) is 16.2. The molecule has 0 fully saturated rings. The van der Waals surface area contributed by atoms with Crippen molar-refractivity contribution >= 4 is 29.5 Å². The highest BCUT2D eigenvalue weighted by Crippen LogP contribution is 2.23. The van der Waals surface area contributed by atoms with Crippen LogP contribution in [-0.2, 0) is 9.53 Å². The topological polar surface area (TPSA) is 63.7 Å². The maximum absolute atomic E-state index is 12.2. The van der Waals surface area contributed by atoms with Crippen LogP contribution in [0, 0.1) is 13.8 Å². The lowest BCUT2D eigenvalue weighted by Gasteiger charge is -2.13. The maximum atomic E-state index is 12.2. The molecule has 0 saturated carbocycles. The Morgan fingerprint density at radius 2 is 1.67 bits per heavy atom. The van der Waals surface area contributed by atoms with Crippen molar-refractivity contribution in [1.82, 2.24) is 4.90 Å². The van der Waals surface area contributed by atoms with E-state index in [-0.39, 0.29) is 37.4 Å². The Morgan fingerprint density at radius 3 is 2.30 bits per heavy atom. The number of nitrogens with zero attached hydrogens (tertiary/aromatic N) is 1. The van der Waals surface area contributed by atoms with Crippen LogP contribution in [0.5, 0.6) is 0 Å². The third-order valence-corrected chi connectivity index (χ3v) is 5.50. The Morgan fingerprint density at radius 1 is 1.00 bits per heavy atom. The van der Waals surface area contributed by atoms with Gasteiger partial charge in [-0.05, 0) is 49.2 Å². The van der Waals surface area contributed by atoms with Gasteiger partial charge >= 0.3 is 5.97 Å². The summed E-state index contributed by atoms with van der Waals surface area (Å²) in [6.07, 6.45) is 0.277. The molecule has 0 bridgehead atoms. The number of imide groups is 1. The standard InChI is InChI=1S/C21H21NO4S/c1-14-7-8-16(13-15(14)2)27-12-9-19(23)26-11-10-22-20(24)17-5-3-4-6-18(17)21(22)25/h3-8,13H,9-12H2,1-2H3. The first-order valence-corrected chi connectivity index (χ1v) is 9.77. The van der Waals surface area contributed by atoms with E-state index in [0.29, 0.717) is 16.9 Å². The molecule has 0 unspecified atom stereocenters. The minimum atomic E-state index is -0.336. The number of rotatable bonds is 7. The summed E-state index contributed by atoms with van der Waals surface area (Å²) in [6.45, 7) is 4.21. The van der Waals surface area contributed by atoms with Crippen molar-refractivity contribution in [2.45, 2.75) is 25.2 Å². The predicted octanol–water partition coefficient (Wildman–Crippen LogP) is 3.63. The molecule has 140 valence electrons. The number of benzene rings is 2. The number of carbonyl (C=O) groups is 3. The summed E-state index contributed by atoms with van der Waals surface area (Å²) >= 11 is 1.60. The third kappa shape index (κ3) is 4.39. The number of ether oxygens (including phenoxy) is 1. The quantitative estimate of drug-likeness (QED) is 0.415. The molecule has 0 saturated heterocycles. The second kappa shape index (κ2) is 8.39. The van der Waals surface area contributed by atoms with Crippen LogP contribution in [0.4, 0.5) is 0 Å². The summed E-state index contributed by atoms with van der Waals surface area (Å²) in [7, 11) is 0. The van der Waals surface area contributed by atoms with Gasteiger partial charge in [0.2, 0.25) is 0 Å². The first kappa shape index (κ1) is 19.2. The fourth-order valence-electron chi connectivity index (χ4n) is 2.82. The van der Waals surface area contributed by atoms with Gasteiger partial charge in [-0.2, -0.15) is 0 Å². The average Bonchev–Trinajstić information content (AvgIpc) is 2.90. The fraction of sp³-hybridized carbons (Fsp3) is 0.286. The van der Waals surface area contributed by atoms with Crippen LogP contribution in [0.25, 0.3) is 0 Å². The number of hydrogen-bond acceptors (Lipinski definition) is 5. The van der Waals surface area contributed by atoms with E-state index in [2.05, 4.69) is 26.0 Å². The summed E-state index contributed by atoms with van der Waals surface area (Å²) in [6, 6.07) is 12.9. The second-order valence-corrected chi connectivity index (χ2v) is 7.54. The molecule has 27 heavy (non-hydrogen) atoms. The largest absolute Gasteiger partial charge is 0.464 e. The summed E-state index contributed by atoms with van der Waals surface area (Å²) in [5, 5.41) is 0. The van der Waals surface area contributed by atoms with E-state index in [1.165, 1.54) is 11.1 Å². The van der Waals surface area contributed by atoms with Gasteiger partial charge in [0.15, 0.2) is 0 Å². The number of aryl methyl sites for hydroxylation is 2. The zero-order chi connectivity index (χ0) is 19.4. The number of hydrogen-bond donors (Lipinski definition) is 0. The van der Waals surface area contributed by atoms with Crippen molar-refractivity contribution in [3.05, 3.63) is 64.7 Å². The van der Waals surface area contributed by atoms with Gasteiger partial charge in [0.1, 0.15) is 6.61 Å². The van der Waals surface area contributed by atoms with E-state index in [9.17, 15) is 14.4 Å². The highest BCUT2D eigenvalue weighted by atomic mass is 32.2. The number of fused-ring (bicyclic) bond motifs is 1. The van der Waals surface area contributed by atoms with Crippen molar-refractivity contribution in [2.24, 2.45) is 0 Å². The minimum Gasteiger partial charge on any atom is -0.464 e. The van der Waals surface area contributed by atoms with Gasteiger partial charge in [-0.3, -0.25) is 19.3 Å². The van der Waals surface area contributed by atoms with Crippen LogP contribution in [0.1, 0.15) is 38.3 Å². The molecule has 0 aromatic heterocycles. The van der Waals surface area contributed by atoms with Gasteiger partial charge in [0.05, 0.1) is 24.1 Å². The summed E-state index contributed by atoms with van der Waals surface area (Å²) in [4.78, 5) is 38.6. The van der Waals surface area contributed by atoms with E-state index >= 15 is 0 Å². The highest BCUT2D eigenvalue weighted by molar-refractivity contribution is 7.99. The molecule has 2 aromatic carbocycles. The summed E-state index contributed by atoms with van der Waals surface area (Å²) in [5.74, 6) is -0.384. The van der Waals surface area contributed by atoms with Gasteiger partial charge in [0, 0.05) is 10.6 Å². The van der Waals surface area contributed by atoms with Gasteiger partial charge < -0.3 is 4.74 Å². The summed E-state index contributed by atoms with van der Waals surface area (Å²) < 4.78 is 5.18. The van der Waals surface area contributed by atoms with Crippen LogP contribution in [0.15, 0.2) is 47.4 Å². The van der Waals surface area contributed by atoms with E-state index in [1.54, 1.807) is 36.0 Å². The Hall–Kier alpha value is -2.60. The molecule has 0 aliphatic carbocycles. The molecule has 0 radical (unpaired) electrons. The average molecular weight is 383 g/mol. The third-order valence-electron chi connectivity index (χ3n) is 4.51. The molecule has 1 aliphatic heterocycles. The zero-order valence-electron chi connectivity index (χ0n) is 15.4. The SMILES string of the molecule is Cc1ccc(SCCC(=O)OCCN2C(=O)c3ccccc3C2=O)cc1C. The van der Waals surface area contributed by atoms with Gasteiger partial charge in [-0.25, -0.2) is 0 Å². The first-order valence-electron chi connectivity index (χ1n) is 8.78. The number of thioether (sulfide) groups is 1. The Balaban J connectivity index is 1.41. The van der Waals surface area contributed by atoms with Crippen molar-refractivity contribution in [2.75, 3.05) is 18.9 Å². The van der Waals surface area contributed by atoms with E-state index in [4.69, 9.17) is 4.74 Å². The molecule has 0 N–H and O–H groups in total. The number of amides is 2.